The van der Waals surface area contributed by atoms with Gasteiger partial charge in [0.25, 0.3) is 0 Å². The maximum Gasteiger partial charge on any atom is 0.120 e. The Labute approximate surface area is 219 Å². The second-order valence-corrected chi connectivity index (χ2v) is 9.90. The van der Waals surface area contributed by atoms with Crippen molar-refractivity contribution in [2.75, 3.05) is 13.1 Å². The number of hydrogen-bond donors (Lipinski definition) is 1. The van der Waals surface area contributed by atoms with Crippen molar-refractivity contribution in [2.24, 2.45) is 0 Å². The first-order chi connectivity index (χ1) is 18.3. The van der Waals surface area contributed by atoms with Crippen LogP contribution in [0.3, 0.4) is 0 Å². The SMILES string of the molecule is c1ccc(COc2ccc3c(c2)CCC(c2ccccc2)=C3c2ccc(OC3CCNCC3)cc2)cc1. The molecule has 37 heavy (non-hydrogen) atoms. The Morgan fingerprint density at radius 3 is 2.14 bits per heavy atom. The highest BCUT2D eigenvalue weighted by Gasteiger charge is 2.22. The van der Waals surface area contributed by atoms with E-state index >= 15 is 0 Å². The van der Waals surface area contributed by atoms with E-state index in [2.05, 4.69) is 102 Å². The number of nitrogens with one attached hydrogen (secondary N) is 1. The number of ether oxygens (including phenoxy) is 2. The minimum absolute atomic E-state index is 0.302. The number of fused-ring (bicyclic) bond motifs is 1. The van der Waals surface area contributed by atoms with Gasteiger partial charge in [0.15, 0.2) is 0 Å². The summed E-state index contributed by atoms with van der Waals surface area (Å²) < 4.78 is 12.4. The molecule has 0 spiro atoms. The molecule has 0 amide bonds. The number of benzene rings is 4. The van der Waals surface area contributed by atoms with Crippen LogP contribution < -0.4 is 14.8 Å². The number of aryl methyl sites for hydroxylation is 1. The maximum absolute atomic E-state index is 6.29. The molecule has 1 N–H and O–H groups in total. The molecule has 0 aromatic heterocycles. The summed E-state index contributed by atoms with van der Waals surface area (Å²) in [5.41, 5.74) is 9.06. The van der Waals surface area contributed by atoms with Gasteiger partial charge >= 0.3 is 0 Å². The standard InChI is InChI=1S/C34H33NO2/c1-3-7-25(8-4-1)24-36-31-16-18-33-28(23-31)13-17-32(26-9-5-2-6-10-26)34(33)27-11-14-29(15-12-27)37-30-19-21-35-22-20-30/h1-12,14-16,18,23,30,35H,13,17,19-22,24H2. The average Bonchev–Trinajstić information content (AvgIpc) is 2.97. The molecule has 6 rings (SSSR count). The van der Waals surface area contributed by atoms with Crippen LogP contribution in [-0.2, 0) is 13.0 Å². The molecule has 1 saturated heterocycles. The Morgan fingerprint density at radius 1 is 0.676 bits per heavy atom. The van der Waals surface area contributed by atoms with E-state index < -0.39 is 0 Å². The van der Waals surface area contributed by atoms with Crippen molar-refractivity contribution in [3.63, 3.8) is 0 Å². The van der Waals surface area contributed by atoms with Crippen LogP contribution in [-0.4, -0.2) is 19.2 Å². The Bertz CT molecular complexity index is 1350. The van der Waals surface area contributed by atoms with Crippen LogP contribution in [0.2, 0.25) is 0 Å². The molecule has 0 bridgehead atoms. The molecule has 0 saturated carbocycles. The first-order valence-corrected chi connectivity index (χ1v) is 13.4. The summed E-state index contributed by atoms with van der Waals surface area (Å²) in [5, 5.41) is 3.41. The molecule has 4 aromatic rings. The van der Waals surface area contributed by atoms with E-state index in [0.29, 0.717) is 12.7 Å². The molecular weight excluding hydrogens is 454 g/mol. The van der Waals surface area contributed by atoms with Crippen LogP contribution in [0.4, 0.5) is 0 Å². The van der Waals surface area contributed by atoms with Gasteiger partial charge in [-0.25, -0.2) is 0 Å². The quantitative estimate of drug-likeness (QED) is 0.297. The van der Waals surface area contributed by atoms with Crippen LogP contribution in [0.5, 0.6) is 11.5 Å². The molecule has 0 unspecified atom stereocenters. The van der Waals surface area contributed by atoms with Crippen molar-refractivity contribution in [3.05, 3.63) is 131 Å². The molecule has 4 aromatic carbocycles. The van der Waals surface area contributed by atoms with Crippen molar-refractivity contribution in [1.29, 1.82) is 0 Å². The van der Waals surface area contributed by atoms with Crippen molar-refractivity contribution in [3.8, 4) is 11.5 Å². The molecule has 1 fully saturated rings. The lowest BCUT2D eigenvalue weighted by Gasteiger charge is -2.26. The molecule has 0 atom stereocenters. The lowest BCUT2D eigenvalue weighted by Crippen LogP contribution is -2.34. The van der Waals surface area contributed by atoms with Crippen LogP contribution in [0.1, 0.15) is 47.1 Å². The maximum atomic E-state index is 6.29. The summed E-state index contributed by atoms with van der Waals surface area (Å²) in [4.78, 5) is 0. The van der Waals surface area contributed by atoms with E-state index in [4.69, 9.17) is 9.47 Å². The molecule has 0 radical (unpaired) electrons. The Kier molecular flexibility index (Phi) is 7.05. The van der Waals surface area contributed by atoms with Gasteiger partial charge in [0, 0.05) is 0 Å². The zero-order valence-corrected chi connectivity index (χ0v) is 21.2. The summed E-state index contributed by atoms with van der Waals surface area (Å²) in [6.07, 6.45) is 4.43. The zero-order valence-electron chi connectivity index (χ0n) is 21.2. The van der Waals surface area contributed by atoms with Gasteiger partial charge in [-0.3, -0.25) is 0 Å². The van der Waals surface area contributed by atoms with Gasteiger partial charge < -0.3 is 14.8 Å². The van der Waals surface area contributed by atoms with Gasteiger partial charge in [-0.2, -0.15) is 0 Å². The number of allylic oxidation sites excluding steroid dienone is 1. The van der Waals surface area contributed by atoms with Crippen molar-refractivity contribution in [2.45, 2.75) is 38.4 Å². The van der Waals surface area contributed by atoms with Crippen LogP contribution in [0.25, 0.3) is 11.1 Å². The second-order valence-electron chi connectivity index (χ2n) is 9.90. The fourth-order valence-electron chi connectivity index (χ4n) is 5.46. The van der Waals surface area contributed by atoms with Crippen molar-refractivity contribution < 1.29 is 9.47 Å². The largest absolute Gasteiger partial charge is 0.490 e. The van der Waals surface area contributed by atoms with E-state index in [1.165, 1.54) is 39.0 Å². The van der Waals surface area contributed by atoms with Crippen LogP contribution >= 0.6 is 0 Å². The fraction of sp³-hybridized carbons (Fsp3) is 0.235. The first kappa shape index (κ1) is 23.6. The van der Waals surface area contributed by atoms with Gasteiger partial charge in [-0.1, -0.05) is 78.9 Å². The number of rotatable bonds is 7. The highest BCUT2D eigenvalue weighted by molar-refractivity contribution is 6.00. The van der Waals surface area contributed by atoms with E-state index in [1.54, 1.807) is 0 Å². The van der Waals surface area contributed by atoms with Gasteiger partial charge in [-0.05, 0) is 102 Å². The molecule has 1 heterocycles. The number of piperidine rings is 1. The van der Waals surface area contributed by atoms with Crippen LogP contribution in [0.15, 0.2) is 103 Å². The molecule has 1 aliphatic carbocycles. The summed E-state index contributed by atoms with van der Waals surface area (Å²) in [7, 11) is 0. The third-order valence-corrected chi connectivity index (χ3v) is 7.39. The fourth-order valence-corrected chi connectivity index (χ4v) is 5.46. The summed E-state index contributed by atoms with van der Waals surface area (Å²) >= 11 is 0. The Morgan fingerprint density at radius 2 is 1.38 bits per heavy atom. The Hall–Kier alpha value is -3.82. The van der Waals surface area contributed by atoms with Gasteiger partial charge in [-0.15, -0.1) is 0 Å². The predicted octanol–water partition coefficient (Wildman–Crippen LogP) is 7.30. The third kappa shape index (κ3) is 5.47. The van der Waals surface area contributed by atoms with Crippen LogP contribution in [0, 0.1) is 0 Å². The van der Waals surface area contributed by atoms with E-state index in [9.17, 15) is 0 Å². The minimum atomic E-state index is 0.302. The highest BCUT2D eigenvalue weighted by atomic mass is 16.5. The predicted molar refractivity (Wildman–Crippen MR) is 151 cm³/mol. The molecule has 3 nitrogen and oxygen atoms in total. The summed E-state index contributed by atoms with van der Waals surface area (Å²) in [5.74, 6) is 1.88. The normalized spacial score (nSPS) is 15.8. The number of hydrogen-bond acceptors (Lipinski definition) is 3. The monoisotopic (exact) mass is 487 g/mol. The van der Waals surface area contributed by atoms with E-state index in [-0.39, 0.29) is 0 Å². The van der Waals surface area contributed by atoms with E-state index in [0.717, 1.165) is 50.3 Å². The van der Waals surface area contributed by atoms with E-state index in [1.807, 2.05) is 6.07 Å². The average molecular weight is 488 g/mol. The topological polar surface area (TPSA) is 30.5 Å². The minimum Gasteiger partial charge on any atom is -0.490 e. The Balaban J connectivity index is 1.31. The molecule has 186 valence electrons. The van der Waals surface area contributed by atoms with Crippen molar-refractivity contribution >= 4 is 11.1 Å². The highest BCUT2D eigenvalue weighted by Crippen LogP contribution is 2.42. The van der Waals surface area contributed by atoms with Gasteiger partial charge in [0.05, 0.1) is 0 Å². The molecular formula is C34H33NO2. The lowest BCUT2D eigenvalue weighted by atomic mass is 9.79. The summed E-state index contributed by atoms with van der Waals surface area (Å²) in [6.45, 7) is 2.64. The molecule has 1 aliphatic heterocycles. The molecule has 2 aliphatic rings. The molecule has 3 heteroatoms. The van der Waals surface area contributed by atoms with Crippen molar-refractivity contribution in [1.82, 2.24) is 5.32 Å². The second kappa shape index (κ2) is 11.1. The zero-order chi connectivity index (χ0) is 24.9. The first-order valence-electron chi connectivity index (χ1n) is 13.4. The third-order valence-electron chi connectivity index (χ3n) is 7.39. The smallest absolute Gasteiger partial charge is 0.120 e. The van der Waals surface area contributed by atoms with Gasteiger partial charge in [0.2, 0.25) is 0 Å². The lowest BCUT2D eigenvalue weighted by molar-refractivity contribution is 0.162. The van der Waals surface area contributed by atoms with Gasteiger partial charge in [0.1, 0.15) is 24.2 Å². The summed E-state index contributed by atoms with van der Waals surface area (Å²) in [6, 6.07) is 36.5.